The van der Waals surface area contributed by atoms with E-state index in [1.165, 1.54) is 16.8 Å². The molecule has 1 fully saturated rings. The van der Waals surface area contributed by atoms with Gasteiger partial charge in [0.25, 0.3) is 11.8 Å². The maximum absolute atomic E-state index is 14.0. The Morgan fingerprint density at radius 1 is 1.00 bits per heavy atom. The molecule has 2 amide bonds. The highest BCUT2D eigenvalue weighted by Crippen LogP contribution is 2.37. The second-order valence-corrected chi connectivity index (χ2v) is 10.6. The molecule has 1 saturated heterocycles. The quantitative estimate of drug-likeness (QED) is 0.360. The Bertz CT molecular complexity index is 1430. The van der Waals surface area contributed by atoms with Crippen LogP contribution in [0.5, 0.6) is 11.5 Å². The van der Waals surface area contributed by atoms with E-state index >= 15 is 0 Å². The molecule has 42 heavy (non-hydrogen) atoms. The van der Waals surface area contributed by atoms with E-state index in [-0.39, 0.29) is 30.2 Å². The first-order valence-corrected chi connectivity index (χ1v) is 14.2. The summed E-state index contributed by atoms with van der Waals surface area (Å²) >= 11 is 0. The van der Waals surface area contributed by atoms with E-state index in [2.05, 4.69) is 30.9 Å². The number of morpholine rings is 1. The number of benzene rings is 2. The van der Waals surface area contributed by atoms with E-state index < -0.39 is 0 Å². The molecular weight excluding hydrogens is 536 g/mol. The van der Waals surface area contributed by atoms with Crippen LogP contribution in [0.15, 0.2) is 64.3 Å². The fourth-order valence-electron chi connectivity index (χ4n) is 5.29. The van der Waals surface area contributed by atoms with Gasteiger partial charge in [0, 0.05) is 32.6 Å². The van der Waals surface area contributed by atoms with Crippen LogP contribution in [0.3, 0.4) is 0 Å². The number of ether oxygens (including phenoxy) is 3. The fraction of sp³-hybridized carbons (Fsp3) is 0.406. The zero-order valence-corrected chi connectivity index (χ0v) is 24.7. The molecule has 3 heterocycles. The van der Waals surface area contributed by atoms with Crippen LogP contribution < -0.4 is 9.47 Å². The summed E-state index contributed by atoms with van der Waals surface area (Å²) in [4.78, 5) is 31.3. The zero-order chi connectivity index (χ0) is 29.6. The summed E-state index contributed by atoms with van der Waals surface area (Å²) in [7, 11) is 3.17. The SMILES string of the molecule is COc1ccc([C@H]2CC(c3ccc(C)c(C)c3)=NN2C(=O)CN(CCN2CCOCC2)C(=O)c2ccco2)cc1OC. The molecule has 0 aliphatic carbocycles. The van der Waals surface area contributed by atoms with Gasteiger partial charge in [0.05, 0.1) is 45.5 Å². The van der Waals surface area contributed by atoms with Crippen molar-refractivity contribution in [2.75, 3.05) is 60.2 Å². The molecule has 222 valence electrons. The number of hydrazone groups is 1. The van der Waals surface area contributed by atoms with E-state index in [0.29, 0.717) is 44.2 Å². The number of rotatable bonds is 10. The molecule has 2 aliphatic rings. The summed E-state index contributed by atoms with van der Waals surface area (Å²) in [6.45, 7) is 7.87. The average molecular weight is 575 g/mol. The molecule has 0 spiro atoms. The second kappa shape index (κ2) is 13.2. The Labute approximate surface area is 246 Å². The summed E-state index contributed by atoms with van der Waals surface area (Å²) in [6, 6.07) is 14.8. The molecule has 1 aromatic heterocycles. The van der Waals surface area contributed by atoms with Gasteiger partial charge in [0.2, 0.25) is 0 Å². The Balaban J connectivity index is 1.44. The highest BCUT2D eigenvalue weighted by molar-refractivity contribution is 6.04. The maximum atomic E-state index is 14.0. The molecule has 5 rings (SSSR count). The van der Waals surface area contributed by atoms with Crippen LogP contribution in [-0.2, 0) is 9.53 Å². The first-order chi connectivity index (χ1) is 20.4. The standard InChI is InChI=1S/C32H38N4O6/c1-22-7-8-24(18-23(22)2)26-20-27(25-9-10-28(39-3)30(19-25)40-4)36(33-26)31(37)21-35(32(38)29-6-5-15-42-29)12-11-34-13-16-41-17-14-34/h5-10,15,18-19,27H,11-14,16-17,20-21H2,1-4H3/t27-/m1/s1. The highest BCUT2D eigenvalue weighted by Gasteiger charge is 2.35. The predicted molar refractivity (Wildman–Crippen MR) is 158 cm³/mol. The summed E-state index contributed by atoms with van der Waals surface area (Å²) in [5, 5.41) is 6.37. The fourth-order valence-corrected chi connectivity index (χ4v) is 5.29. The van der Waals surface area contributed by atoms with Gasteiger partial charge in [-0.3, -0.25) is 14.5 Å². The molecule has 2 aromatic carbocycles. The van der Waals surface area contributed by atoms with Crippen LogP contribution in [0, 0.1) is 13.8 Å². The second-order valence-electron chi connectivity index (χ2n) is 10.6. The monoisotopic (exact) mass is 574 g/mol. The Morgan fingerprint density at radius 3 is 2.48 bits per heavy atom. The third-order valence-electron chi connectivity index (χ3n) is 7.93. The van der Waals surface area contributed by atoms with Gasteiger partial charge >= 0.3 is 0 Å². The number of amides is 2. The minimum atomic E-state index is -0.381. The lowest BCUT2D eigenvalue weighted by molar-refractivity contribution is -0.133. The van der Waals surface area contributed by atoms with Crippen molar-refractivity contribution in [1.29, 1.82) is 0 Å². The van der Waals surface area contributed by atoms with Crippen LogP contribution in [0.2, 0.25) is 0 Å². The lowest BCUT2D eigenvalue weighted by atomic mass is 9.96. The van der Waals surface area contributed by atoms with Gasteiger partial charge < -0.3 is 23.5 Å². The van der Waals surface area contributed by atoms with Crippen molar-refractivity contribution in [1.82, 2.24) is 14.8 Å². The summed E-state index contributed by atoms with van der Waals surface area (Å²) in [5.74, 6) is 0.757. The van der Waals surface area contributed by atoms with E-state index in [1.54, 1.807) is 31.3 Å². The third-order valence-corrected chi connectivity index (χ3v) is 7.93. The molecule has 0 saturated carbocycles. The van der Waals surface area contributed by atoms with Crippen LogP contribution in [0.25, 0.3) is 0 Å². The molecular formula is C32H38N4O6. The number of methoxy groups -OCH3 is 2. The molecule has 0 N–H and O–H groups in total. The number of hydrogen-bond donors (Lipinski definition) is 0. The predicted octanol–water partition coefficient (Wildman–Crippen LogP) is 4.07. The van der Waals surface area contributed by atoms with Gasteiger partial charge in [-0.2, -0.15) is 5.10 Å². The topological polar surface area (TPSA) is 97.1 Å². The third kappa shape index (κ3) is 6.50. The first kappa shape index (κ1) is 29.3. The van der Waals surface area contributed by atoms with Gasteiger partial charge in [0.1, 0.15) is 6.54 Å². The van der Waals surface area contributed by atoms with Gasteiger partial charge in [-0.15, -0.1) is 0 Å². The zero-order valence-electron chi connectivity index (χ0n) is 24.7. The lowest BCUT2D eigenvalue weighted by Gasteiger charge is -2.30. The van der Waals surface area contributed by atoms with Gasteiger partial charge in [-0.25, -0.2) is 5.01 Å². The van der Waals surface area contributed by atoms with Crippen molar-refractivity contribution in [3.63, 3.8) is 0 Å². The molecule has 0 bridgehead atoms. The molecule has 2 aliphatic heterocycles. The number of nitrogens with zero attached hydrogens (tertiary/aromatic N) is 4. The number of carbonyl (C=O) groups excluding carboxylic acids is 2. The number of aryl methyl sites for hydroxylation is 2. The van der Waals surface area contributed by atoms with Crippen LogP contribution in [0.4, 0.5) is 0 Å². The molecule has 3 aromatic rings. The smallest absolute Gasteiger partial charge is 0.290 e. The van der Waals surface area contributed by atoms with Crippen LogP contribution in [0.1, 0.15) is 45.3 Å². The Kier molecular flexibility index (Phi) is 9.24. The molecule has 10 nitrogen and oxygen atoms in total. The minimum absolute atomic E-state index is 0.141. The van der Waals surface area contributed by atoms with Crippen molar-refractivity contribution < 1.29 is 28.2 Å². The van der Waals surface area contributed by atoms with Crippen LogP contribution in [-0.4, -0.2) is 92.5 Å². The molecule has 0 radical (unpaired) electrons. The number of furan rings is 1. The van der Waals surface area contributed by atoms with Crippen molar-refractivity contribution in [2.45, 2.75) is 26.3 Å². The largest absolute Gasteiger partial charge is 0.493 e. The molecule has 10 heteroatoms. The summed E-state index contributed by atoms with van der Waals surface area (Å²) < 4.78 is 21.9. The van der Waals surface area contributed by atoms with Gasteiger partial charge in [-0.1, -0.05) is 18.2 Å². The number of hydrogen-bond acceptors (Lipinski definition) is 8. The molecule has 1 atom stereocenters. The minimum Gasteiger partial charge on any atom is -0.493 e. The van der Waals surface area contributed by atoms with Crippen LogP contribution >= 0.6 is 0 Å². The van der Waals surface area contributed by atoms with Crippen molar-refractivity contribution >= 4 is 17.5 Å². The Hall–Kier alpha value is -4.15. The molecule has 0 unspecified atom stereocenters. The summed E-state index contributed by atoms with van der Waals surface area (Å²) in [6.07, 6.45) is 1.98. The van der Waals surface area contributed by atoms with Crippen molar-refractivity contribution in [2.24, 2.45) is 5.10 Å². The summed E-state index contributed by atoms with van der Waals surface area (Å²) in [5.41, 5.74) is 4.98. The van der Waals surface area contributed by atoms with E-state index in [0.717, 1.165) is 35.5 Å². The number of carbonyl (C=O) groups is 2. The van der Waals surface area contributed by atoms with Gasteiger partial charge in [0.15, 0.2) is 17.3 Å². The van der Waals surface area contributed by atoms with Gasteiger partial charge in [-0.05, 0) is 66.4 Å². The Morgan fingerprint density at radius 2 is 1.79 bits per heavy atom. The highest BCUT2D eigenvalue weighted by atomic mass is 16.5. The van der Waals surface area contributed by atoms with Crippen molar-refractivity contribution in [3.05, 3.63) is 82.8 Å². The average Bonchev–Trinajstić information content (AvgIpc) is 3.72. The lowest BCUT2D eigenvalue weighted by Crippen LogP contribution is -2.46. The van der Waals surface area contributed by atoms with E-state index in [1.807, 2.05) is 24.3 Å². The van der Waals surface area contributed by atoms with Crippen molar-refractivity contribution in [3.8, 4) is 11.5 Å². The van der Waals surface area contributed by atoms with E-state index in [9.17, 15) is 9.59 Å². The van der Waals surface area contributed by atoms with E-state index in [4.69, 9.17) is 23.7 Å². The first-order valence-electron chi connectivity index (χ1n) is 14.2. The normalized spacial score (nSPS) is 17.2. The maximum Gasteiger partial charge on any atom is 0.290 e.